The molecule has 1 saturated heterocycles. The molecule has 0 unspecified atom stereocenters. The van der Waals surface area contributed by atoms with Crippen molar-refractivity contribution in [2.45, 2.75) is 20.3 Å². The summed E-state index contributed by atoms with van der Waals surface area (Å²) >= 11 is 6.53. The third-order valence-electron chi connectivity index (χ3n) is 2.90. The normalized spacial score (nSPS) is 16.9. The molecule has 0 aromatic heterocycles. The molecule has 0 atom stereocenters. The summed E-state index contributed by atoms with van der Waals surface area (Å²) in [5.74, 6) is 0.445. The van der Waals surface area contributed by atoms with Crippen LogP contribution in [0.1, 0.15) is 25.8 Å². The molecule has 0 saturated carbocycles. The number of phenols is 1. The van der Waals surface area contributed by atoms with E-state index in [2.05, 4.69) is 0 Å². The molecule has 112 valence electrons. The summed E-state index contributed by atoms with van der Waals surface area (Å²) in [5.41, 5.74) is 0.799. The van der Waals surface area contributed by atoms with Gasteiger partial charge in [-0.3, -0.25) is 9.69 Å². The van der Waals surface area contributed by atoms with Crippen LogP contribution < -0.4 is 4.74 Å². The predicted molar refractivity (Wildman–Crippen MR) is 89.4 cm³/mol. The Labute approximate surface area is 133 Å². The molecule has 2 rings (SSSR count). The first kappa shape index (κ1) is 15.9. The number of ether oxygens (including phenoxy) is 1. The lowest BCUT2D eigenvalue weighted by Crippen LogP contribution is -2.28. The molecule has 4 nitrogen and oxygen atoms in total. The van der Waals surface area contributed by atoms with Gasteiger partial charge in [0.05, 0.1) is 11.5 Å². The Morgan fingerprint density at radius 2 is 2.19 bits per heavy atom. The molecular formula is C15H17NO3S2. The van der Waals surface area contributed by atoms with Crippen molar-refractivity contribution in [2.24, 2.45) is 0 Å². The molecule has 1 aliphatic rings. The highest BCUT2D eigenvalue weighted by atomic mass is 32.2. The van der Waals surface area contributed by atoms with Gasteiger partial charge >= 0.3 is 0 Å². The number of aromatic hydroxyl groups is 1. The van der Waals surface area contributed by atoms with Crippen LogP contribution in [-0.4, -0.2) is 33.4 Å². The average Bonchev–Trinajstić information content (AvgIpc) is 2.71. The van der Waals surface area contributed by atoms with Gasteiger partial charge in [0.2, 0.25) is 0 Å². The Bertz CT molecular complexity index is 599. The molecule has 1 fully saturated rings. The van der Waals surface area contributed by atoms with Gasteiger partial charge in [0.15, 0.2) is 11.5 Å². The summed E-state index contributed by atoms with van der Waals surface area (Å²) in [6.07, 6.45) is 2.64. The third kappa shape index (κ3) is 3.57. The van der Waals surface area contributed by atoms with E-state index in [1.165, 1.54) is 11.8 Å². The number of thiocarbonyl (C=S) groups is 1. The zero-order chi connectivity index (χ0) is 15.4. The molecule has 0 spiro atoms. The van der Waals surface area contributed by atoms with E-state index in [0.717, 1.165) is 12.0 Å². The second-order valence-electron chi connectivity index (χ2n) is 4.49. The largest absolute Gasteiger partial charge is 0.504 e. The van der Waals surface area contributed by atoms with E-state index in [9.17, 15) is 9.90 Å². The van der Waals surface area contributed by atoms with Crippen LogP contribution in [0.15, 0.2) is 23.1 Å². The molecule has 0 radical (unpaired) electrons. The van der Waals surface area contributed by atoms with Crippen molar-refractivity contribution >= 4 is 40.3 Å². The van der Waals surface area contributed by atoms with Gasteiger partial charge in [0.25, 0.3) is 5.91 Å². The van der Waals surface area contributed by atoms with E-state index < -0.39 is 0 Å². The molecule has 1 heterocycles. The minimum atomic E-state index is -0.0575. The molecular weight excluding hydrogens is 306 g/mol. The predicted octanol–water partition coefficient (Wildman–Crippen LogP) is 3.40. The zero-order valence-corrected chi connectivity index (χ0v) is 13.6. The fourth-order valence-electron chi connectivity index (χ4n) is 1.96. The Hall–Kier alpha value is -1.53. The molecule has 1 aromatic rings. The number of phenolic OH excluding ortho intramolecular Hbond substituents is 1. The van der Waals surface area contributed by atoms with E-state index in [1.807, 2.05) is 13.8 Å². The summed E-state index contributed by atoms with van der Waals surface area (Å²) in [4.78, 5) is 14.5. The second-order valence-corrected chi connectivity index (χ2v) is 6.17. The monoisotopic (exact) mass is 323 g/mol. The summed E-state index contributed by atoms with van der Waals surface area (Å²) in [5, 5.41) is 9.69. The van der Waals surface area contributed by atoms with E-state index in [-0.39, 0.29) is 11.7 Å². The molecule has 6 heteroatoms. The van der Waals surface area contributed by atoms with Crippen molar-refractivity contribution in [1.29, 1.82) is 0 Å². The van der Waals surface area contributed by atoms with Crippen LogP contribution >= 0.6 is 24.0 Å². The second kappa shape index (κ2) is 6.95. The smallest absolute Gasteiger partial charge is 0.266 e. The summed E-state index contributed by atoms with van der Waals surface area (Å²) in [7, 11) is 0. The molecule has 1 aromatic carbocycles. The van der Waals surface area contributed by atoms with Crippen molar-refractivity contribution in [3.8, 4) is 11.5 Å². The highest BCUT2D eigenvalue weighted by Gasteiger charge is 2.31. The maximum absolute atomic E-state index is 12.3. The highest BCUT2D eigenvalue weighted by Crippen LogP contribution is 2.34. The molecule has 1 N–H and O–H groups in total. The third-order valence-corrected chi connectivity index (χ3v) is 4.28. The highest BCUT2D eigenvalue weighted by molar-refractivity contribution is 8.26. The van der Waals surface area contributed by atoms with Gasteiger partial charge in [-0.15, -0.1) is 0 Å². The molecule has 1 aliphatic heterocycles. The number of hydrogen-bond acceptors (Lipinski definition) is 5. The summed E-state index contributed by atoms with van der Waals surface area (Å²) in [6.45, 7) is 4.97. The Morgan fingerprint density at radius 3 is 2.86 bits per heavy atom. The van der Waals surface area contributed by atoms with Crippen molar-refractivity contribution in [3.05, 3.63) is 28.7 Å². The quantitative estimate of drug-likeness (QED) is 0.665. The van der Waals surface area contributed by atoms with Crippen molar-refractivity contribution in [2.75, 3.05) is 13.2 Å². The van der Waals surface area contributed by atoms with Crippen LogP contribution in [0.4, 0.5) is 0 Å². The van der Waals surface area contributed by atoms with Crippen LogP contribution in [0.3, 0.4) is 0 Å². The maximum Gasteiger partial charge on any atom is 0.266 e. The van der Waals surface area contributed by atoms with Crippen LogP contribution in [0.5, 0.6) is 11.5 Å². The van der Waals surface area contributed by atoms with E-state index in [0.29, 0.717) is 28.1 Å². The van der Waals surface area contributed by atoms with Gasteiger partial charge < -0.3 is 9.84 Å². The summed E-state index contributed by atoms with van der Waals surface area (Å²) in [6, 6.07) is 5.01. The lowest BCUT2D eigenvalue weighted by molar-refractivity contribution is -0.122. The first-order chi connectivity index (χ1) is 10.1. The van der Waals surface area contributed by atoms with Crippen LogP contribution in [-0.2, 0) is 4.79 Å². The van der Waals surface area contributed by atoms with Crippen LogP contribution in [0.25, 0.3) is 6.08 Å². The Kier molecular flexibility index (Phi) is 5.25. The topological polar surface area (TPSA) is 49.8 Å². The SMILES string of the molecule is CCCN1C(=O)C(=Cc2ccc(O)c(OCC)c2)SC1=S. The molecule has 21 heavy (non-hydrogen) atoms. The van der Waals surface area contributed by atoms with Gasteiger partial charge in [-0.1, -0.05) is 37.0 Å². The summed E-state index contributed by atoms with van der Waals surface area (Å²) < 4.78 is 5.94. The first-order valence-electron chi connectivity index (χ1n) is 6.78. The number of hydrogen-bond donors (Lipinski definition) is 1. The standard InChI is InChI=1S/C15H17NO3S2/c1-3-7-16-14(18)13(21-15(16)20)9-10-5-6-11(17)12(8-10)19-4-2/h5-6,8-9,17H,3-4,7H2,1-2H3. The molecule has 0 aliphatic carbocycles. The average molecular weight is 323 g/mol. The Balaban J connectivity index is 2.26. The number of amides is 1. The first-order valence-corrected chi connectivity index (χ1v) is 8.00. The number of carbonyl (C=O) groups excluding carboxylic acids is 1. The fraction of sp³-hybridized carbons (Fsp3) is 0.333. The van der Waals surface area contributed by atoms with Crippen LogP contribution in [0, 0.1) is 0 Å². The number of rotatable bonds is 5. The van der Waals surface area contributed by atoms with E-state index >= 15 is 0 Å². The lowest BCUT2D eigenvalue weighted by Gasteiger charge is -2.12. The van der Waals surface area contributed by atoms with Gasteiger partial charge in [-0.25, -0.2) is 0 Å². The van der Waals surface area contributed by atoms with Gasteiger partial charge in [0.1, 0.15) is 4.32 Å². The van der Waals surface area contributed by atoms with E-state index in [4.69, 9.17) is 17.0 Å². The maximum atomic E-state index is 12.3. The van der Waals surface area contributed by atoms with Crippen molar-refractivity contribution in [3.63, 3.8) is 0 Å². The molecule has 0 bridgehead atoms. The minimum Gasteiger partial charge on any atom is -0.504 e. The minimum absolute atomic E-state index is 0.0575. The molecule has 1 amide bonds. The van der Waals surface area contributed by atoms with Gasteiger partial charge in [-0.2, -0.15) is 0 Å². The number of thioether (sulfide) groups is 1. The Morgan fingerprint density at radius 1 is 1.43 bits per heavy atom. The number of nitrogens with zero attached hydrogens (tertiary/aromatic N) is 1. The zero-order valence-electron chi connectivity index (χ0n) is 12.0. The van der Waals surface area contributed by atoms with Crippen molar-refractivity contribution in [1.82, 2.24) is 4.90 Å². The lowest BCUT2D eigenvalue weighted by atomic mass is 10.2. The van der Waals surface area contributed by atoms with Crippen LogP contribution in [0.2, 0.25) is 0 Å². The van der Waals surface area contributed by atoms with Gasteiger partial charge in [0, 0.05) is 6.54 Å². The number of benzene rings is 1. The fourth-order valence-corrected chi connectivity index (χ4v) is 3.27. The van der Waals surface area contributed by atoms with E-state index in [1.54, 1.807) is 29.2 Å². The van der Waals surface area contributed by atoms with Crippen molar-refractivity contribution < 1.29 is 14.6 Å². The van der Waals surface area contributed by atoms with Gasteiger partial charge in [-0.05, 0) is 37.1 Å². The number of carbonyl (C=O) groups is 1.